The highest BCUT2D eigenvalue weighted by Crippen LogP contribution is 2.33. The Kier molecular flexibility index (Phi) is 2.05. The summed E-state index contributed by atoms with van der Waals surface area (Å²) in [5.41, 5.74) is 2.76. The second kappa shape index (κ2) is 3.33. The molecule has 0 amide bonds. The quantitative estimate of drug-likeness (QED) is 0.507. The molecule has 0 nitrogen and oxygen atoms in total. The number of hydrogen-bond donors (Lipinski definition) is 0. The average Bonchev–Trinajstić information content (AvgIpc) is 2.52. The molecule has 0 fully saturated rings. The summed E-state index contributed by atoms with van der Waals surface area (Å²) < 4.78 is 1.41. The lowest BCUT2D eigenvalue weighted by atomic mass is 10.0. The summed E-state index contributed by atoms with van der Waals surface area (Å²) in [6, 6.07) is 11.3. The Bertz CT molecular complexity index is 689. The Morgan fingerprint density at radius 2 is 1.69 bits per heavy atom. The Balaban J connectivity index is 2.49. The maximum Gasteiger partial charge on any atom is 0.0354 e. The van der Waals surface area contributed by atoms with Crippen molar-refractivity contribution in [3.05, 3.63) is 46.3 Å². The lowest BCUT2D eigenvalue weighted by molar-refractivity contribution is 1.47. The summed E-state index contributed by atoms with van der Waals surface area (Å²) in [7, 11) is 0. The van der Waals surface area contributed by atoms with Gasteiger partial charge in [-0.2, -0.15) is 0 Å². The van der Waals surface area contributed by atoms with Crippen LogP contribution in [0.2, 0.25) is 0 Å². The van der Waals surface area contributed by atoms with Crippen molar-refractivity contribution in [2.24, 2.45) is 0 Å². The van der Waals surface area contributed by atoms with E-state index in [0.29, 0.717) is 0 Å². The van der Waals surface area contributed by atoms with Crippen molar-refractivity contribution >= 4 is 32.2 Å². The minimum Gasteiger partial charge on any atom is -0.140 e. The van der Waals surface area contributed by atoms with E-state index >= 15 is 0 Å². The predicted octanol–water partition coefficient (Wildman–Crippen LogP) is 4.98. The molecule has 1 heteroatoms. The van der Waals surface area contributed by atoms with Crippen molar-refractivity contribution in [2.45, 2.75) is 20.8 Å². The Hall–Kier alpha value is -1.34. The number of aryl methyl sites for hydroxylation is 3. The van der Waals surface area contributed by atoms with E-state index in [4.69, 9.17) is 0 Å². The lowest BCUT2D eigenvalue weighted by Crippen LogP contribution is -1.76. The third-order valence-corrected chi connectivity index (χ3v) is 4.46. The van der Waals surface area contributed by atoms with Gasteiger partial charge < -0.3 is 0 Å². The summed E-state index contributed by atoms with van der Waals surface area (Å²) in [5.74, 6) is 0. The van der Waals surface area contributed by atoms with E-state index in [1.807, 2.05) is 11.3 Å². The van der Waals surface area contributed by atoms with E-state index < -0.39 is 0 Å². The topological polar surface area (TPSA) is 0 Å². The second-order valence-corrected chi connectivity index (χ2v) is 5.74. The maximum atomic E-state index is 2.33. The van der Waals surface area contributed by atoms with Crippen LogP contribution in [0.3, 0.4) is 0 Å². The smallest absolute Gasteiger partial charge is 0.0354 e. The molecule has 0 aliphatic carbocycles. The van der Waals surface area contributed by atoms with Crippen LogP contribution in [-0.2, 0) is 0 Å². The molecule has 0 atom stereocenters. The molecular weight excluding hydrogens is 212 g/mol. The Morgan fingerprint density at radius 3 is 2.50 bits per heavy atom. The van der Waals surface area contributed by atoms with E-state index in [2.05, 4.69) is 51.1 Å². The van der Waals surface area contributed by atoms with E-state index in [9.17, 15) is 0 Å². The molecule has 2 aromatic carbocycles. The van der Waals surface area contributed by atoms with Crippen LogP contribution in [-0.4, -0.2) is 0 Å². The third-order valence-electron chi connectivity index (χ3n) is 3.29. The van der Waals surface area contributed by atoms with Gasteiger partial charge >= 0.3 is 0 Å². The van der Waals surface area contributed by atoms with Gasteiger partial charge in [0.05, 0.1) is 0 Å². The zero-order valence-electron chi connectivity index (χ0n) is 9.79. The molecule has 0 saturated carbocycles. The van der Waals surface area contributed by atoms with Crippen molar-refractivity contribution < 1.29 is 0 Å². The molecule has 0 spiro atoms. The van der Waals surface area contributed by atoms with Gasteiger partial charge in [0, 0.05) is 9.58 Å². The molecule has 0 aliphatic rings. The van der Waals surface area contributed by atoms with Crippen molar-refractivity contribution in [3.8, 4) is 0 Å². The molecule has 0 bridgehead atoms. The maximum absolute atomic E-state index is 2.33. The van der Waals surface area contributed by atoms with Crippen LogP contribution in [0, 0.1) is 20.8 Å². The Labute approximate surface area is 99.5 Å². The van der Waals surface area contributed by atoms with Gasteiger partial charge in [0.15, 0.2) is 0 Å². The molecule has 0 N–H and O–H groups in total. The minimum atomic E-state index is 1.33. The standard InChI is InChI=1S/C15H14S/c1-9-4-5-12-8-15-14(7-13(12)6-9)10(2)11(3)16-15/h4-8H,1-3H3. The van der Waals surface area contributed by atoms with Crippen LogP contribution in [0.1, 0.15) is 16.0 Å². The van der Waals surface area contributed by atoms with E-state index in [0.717, 1.165) is 0 Å². The van der Waals surface area contributed by atoms with Gasteiger partial charge in [0.2, 0.25) is 0 Å². The molecule has 16 heavy (non-hydrogen) atoms. The average molecular weight is 226 g/mol. The number of fused-ring (bicyclic) bond motifs is 2. The van der Waals surface area contributed by atoms with Gasteiger partial charge in [0.25, 0.3) is 0 Å². The molecule has 0 aliphatic heterocycles. The molecule has 3 rings (SSSR count). The lowest BCUT2D eigenvalue weighted by Gasteiger charge is -2.00. The normalized spacial score (nSPS) is 11.4. The number of hydrogen-bond acceptors (Lipinski definition) is 1. The van der Waals surface area contributed by atoms with E-state index in [-0.39, 0.29) is 0 Å². The predicted molar refractivity (Wildman–Crippen MR) is 73.5 cm³/mol. The van der Waals surface area contributed by atoms with E-state index in [1.54, 1.807) is 0 Å². The largest absolute Gasteiger partial charge is 0.140 e. The van der Waals surface area contributed by atoms with Gasteiger partial charge in [-0.1, -0.05) is 23.8 Å². The fourth-order valence-corrected chi connectivity index (χ4v) is 3.31. The van der Waals surface area contributed by atoms with Crippen LogP contribution < -0.4 is 0 Å². The first-order chi connectivity index (χ1) is 7.65. The second-order valence-electron chi connectivity index (χ2n) is 4.48. The summed E-state index contributed by atoms with van der Waals surface area (Å²) >= 11 is 1.90. The minimum absolute atomic E-state index is 1.33. The summed E-state index contributed by atoms with van der Waals surface area (Å²) in [4.78, 5) is 1.43. The van der Waals surface area contributed by atoms with Crippen LogP contribution in [0.25, 0.3) is 20.9 Å². The van der Waals surface area contributed by atoms with Crippen molar-refractivity contribution in [2.75, 3.05) is 0 Å². The summed E-state index contributed by atoms with van der Waals surface area (Å²) in [6.07, 6.45) is 0. The fraction of sp³-hybridized carbons (Fsp3) is 0.200. The first-order valence-corrected chi connectivity index (χ1v) is 6.37. The molecule has 80 valence electrons. The van der Waals surface area contributed by atoms with Gasteiger partial charge in [-0.15, -0.1) is 11.3 Å². The van der Waals surface area contributed by atoms with Crippen LogP contribution >= 0.6 is 11.3 Å². The van der Waals surface area contributed by atoms with Gasteiger partial charge in [-0.3, -0.25) is 0 Å². The summed E-state index contributed by atoms with van der Waals surface area (Å²) in [6.45, 7) is 6.57. The molecule has 1 heterocycles. The SMILES string of the molecule is Cc1ccc2cc3sc(C)c(C)c3cc2c1. The van der Waals surface area contributed by atoms with Gasteiger partial charge in [-0.05, 0) is 54.6 Å². The number of rotatable bonds is 0. The third kappa shape index (κ3) is 1.35. The van der Waals surface area contributed by atoms with Crippen molar-refractivity contribution in [1.29, 1.82) is 0 Å². The van der Waals surface area contributed by atoms with Crippen LogP contribution in [0.15, 0.2) is 30.3 Å². The molecule has 3 aromatic rings. The first kappa shape index (κ1) is 9.86. The summed E-state index contributed by atoms with van der Waals surface area (Å²) in [5, 5.41) is 4.12. The zero-order chi connectivity index (χ0) is 11.3. The molecule has 1 aromatic heterocycles. The highest BCUT2D eigenvalue weighted by Gasteiger charge is 2.06. The fourth-order valence-electron chi connectivity index (χ4n) is 2.20. The monoisotopic (exact) mass is 226 g/mol. The van der Waals surface area contributed by atoms with Crippen LogP contribution in [0.5, 0.6) is 0 Å². The number of thiophene rings is 1. The molecule has 0 saturated heterocycles. The van der Waals surface area contributed by atoms with Crippen molar-refractivity contribution in [1.82, 2.24) is 0 Å². The molecular formula is C15H14S. The highest BCUT2D eigenvalue weighted by molar-refractivity contribution is 7.19. The van der Waals surface area contributed by atoms with Gasteiger partial charge in [0.1, 0.15) is 0 Å². The highest BCUT2D eigenvalue weighted by atomic mass is 32.1. The first-order valence-electron chi connectivity index (χ1n) is 5.55. The van der Waals surface area contributed by atoms with E-state index in [1.165, 1.54) is 36.9 Å². The van der Waals surface area contributed by atoms with Crippen molar-refractivity contribution in [3.63, 3.8) is 0 Å². The van der Waals surface area contributed by atoms with Crippen LogP contribution in [0.4, 0.5) is 0 Å². The molecule has 0 radical (unpaired) electrons. The number of benzene rings is 2. The zero-order valence-corrected chi connectivity index (χ0v) is 10.6. The van der Waals surface area contributed by atoms with Gasteiger partial charge in [-0.25, -0.2) is 0 Å². The molecule has 0 unspecified atom stereocenters. The Morgan fingerprint density at radius 1 is 0.875 bits per heavy atom.